The first kappa shape index (κ1) is 8.91. The molecule has 1 N–H and O–H groups in total. The van der Waals surface area contributed by atoms with Crippen LogP contribution in [-0.2, 0) is 9.84 Å². The van der Waals surface area contributed by atoms with Crippen molar-refractivity contribution in [3.63, 3.8) is 0 Å². The molecule has 0 bridgehead atoms. The SMILES string of the molecule is CCC(CO)S(C)(=O)=O. The summed E-state index contributed by atoms with van der Waals surface area (Å²) in [5.74, 6) is 0. The van der Waals surface area contributed by atoms with Crippen molar-refractivity contribution in [2.75, 3.05) is 12.9 Å². The van der Waals surface area contributed by atoms with Crippen molar-refractivity contribution in [1.82, 2.24) is 0 Å². The van der Waals surface area contributed by atoms with Gasteiger partial charge in [-0.3, -0.25) is 0 Å². The number of hydrogen-bond donors (Lipinski definition) is 1. The molecule has 0 aromatic carbocycles. The molecule has 0 amide bonds. The van der Waals surface area contributed by atoms with Gasteiger partial charge in [-0.25, -0.2) is 8.42 Å². The molecule has 1 atom stereocenters. The van der Waals surface area contributed by atoms with Crippen LogP contribution in [0, 0.1) is 0 Å². The second-order valence-electron chi connectivity index (χ2n) is 2.04. The van der Waals surface area contributed by atoms with E-state index >= 15 is 0 Å². The average Bonchev–Trinajstić information content (AvgIpc) is 1.65. The Labute approximate surface area is 55.6 Å². The maximum absolute atomic E-state index is 10.6. The van der Waals surface area contributed by atoms with Gasteiger partial charge in [0, 0.05) is 6.26 Å². The quantitative estimate of drug-likeness (QED) is 0.609. The lowest BCUT2D eigenvalue weighted by molar-refractivity contribution is 0.288. The molecule has 0 radical (unpaired) electrons. The van der Waals surface area contributed by atoms with Gasteiger partial charge in [0.2, 0.25) is 0 Å². The molecule has 0 heterocycles. The third-order valence-electron chi connectivity index (χ3n) is 1.26. The van der Waals surface area contributed by atoms with E-state index in [0.29, 0.717) is 6.42 Å². The van der Waals surface area contributed by atoms with Crippen LogP contribution in [0.5, 0.6) is 0 Å². The van der Waals surface area contributed by atoms with Crippen molar-refractivity contribution in [3.8, 4) is 0 Å². The summed E-state index contributed by atoms with van der Waals surface area (Å²) in [5, 5.41) is 7.91. The smallest absolute Gasteiger partial charge is 0.152 e. The zero-order valence-electron chi connectivity index (χ0n) is 5.66. The lowest BCUT2D eigenvalue weighted by Crippen LogP contribution is -2.22. The Hall–Kier alpha value is -0.0900. The van der Waals surface area contributed by atoms with E-state index in [-0.39, 0.29) is 6.61 Å². The van der Waals surface area contributed by atoms with Crippen molar-refractivity contribution in [3.05, 3.63) is 0 Å². The van der Waals surface area contributed by atoms with Gasteiger partial charge in [0.05, 0.1) is 11.9 Å². The first-order valence-corrected chi connectivity index (χ1v) is 4.77. The van der Waals surface area contributed by atoms with Crippen molar-refractivity contribution in [1.29, 1.82) is 0 Å². The summed E-state index contributed by atoms with van der Waals surface area (Å²) >= 11 is 0. The largest absolute Gasteiger partial charge is 0.395 e. The highest BCUT2D eigenvalue weighted by atomic mass is 32.2. The molecule has 0 aromatic heterocycles. The molecule has 0 fully saturated rings. The minimum absolute atomic E-state index is 0.269. The second-order valence-corrected chi connectivity index (χ2v) is 4.37. The molecular formula is C5H12O3S. The highest BCUT2D eigenvalue weighted by Crippen LogP contribution is 2.01. The molecule has 0 saturated heterocycles. The predicted molar refractivity (Wildman–Crippen MR) is 36.0 cm³/mol. The third-order valence-corrected chi connectivity index (χ3v) is 2.96. The molecule has 4 heteroatoms. The highest BCUT2D eigenvalue weighted by molar-refractivity contribution is 7.91. The van der Waals surface area contributed by atoms with Gasteiger partial charge in [-0.2, -0.15) is 0 Å². The molecule has 0 aliphatic carbocycles. The molecular weight excluding hydrogens is 140 g/mol. The fourth-order valence-corrected chi connectivity index (χ4v) is 1.44. The molecule has 56 valence electrons. The molecule has 0 aliphatic rings. The second kappa shape index (κ2) is 3.17. The summed E-state index contributed by atoms with van der Waals surface area (Å²) in [5.41, 5.74) is 0. The monoisotopic (exact) mass is 152 g/mol. The highest BCUT2D eigenvalue weighted by Gasteiger charge is 2.16. The molecule has 0 spiro atoms. The Kier molecular flexibility index (Phi) is 3.14. The summed E-state index contributed by atoms with van der Waals surface area (Å²) in [6.45, 7) is 1.47. The van der Waals surface area contributed by atoms with Crippen molar-refractivity contribution in [2.45, 2.75) is 18.6 Å². The summed E-state index contributed by atoms with van der Waals surface area (Å²) in [6, 6.07) is 0. The molecule has 3 nitrogen and oxygen atoms in total. The van der Waals surface area contributed by atoms with Gasteiger partial charge in [0.25, 0.3) is 0 Å². The Bertz CT molecular complexity index is 155. The van der Waals surface area contributed by atoms with Crippen molar-refractivity contribution in [2.24, 2.45) is 0 Å². The van der Waals surface area contributed by atoms with E-state index in [1.165, 1.54) is 0 Å². The summed E-state index contributed by atoms with van der Waals surface area (Å²) < 4.78 is 21.3. The van der Waals surface area contributed by atoms with Crippen LogP contribution in [0.4, 0.5) is 0 Å². The van der Waals surface area contributed by atoms with E-state index in [2.05, 4.69) is 0 Å². The first-order chi connectivity index (χ1) is 4.02. The van der Waals surface area contributed by atoms with Crippen LogP contribution in [0.15, 0.2) is 0 Å². The van der Waals surface area contributed by atoms with Crippen LogP contribution in [0.25, 0.3) is 0 Å². The van der Waals surface area contributed by atoms with E-state index in [1.807, 2.05) is 0 Å². The lowest BCUT2D eigenvalue weighted by Gasteiger charge is -2.06. The maximum Gasteiger partial charge on any atom is 0.152 e. The zero-order chi connectivity index (χ0) is 7.49. The zero-order valence-corrected chi connectivity index (χ0v) is 6.48. The molecule has 0 rings (SSSR count). The van der Waals surface area contributed by atoms with E-state index in [0.717, 1.165) is 6.26 Å². The fraction of sp³-hybridized carbons (Fsp3) is 1.00. The Balaban J connectivity index is 4.14. The van der Waals surface area contributed by atoms with Crippen LogP contribution in [0.1, 0.15) is 13.3 Å². The lowest BCUT2D eigenvalue weighted by atomic mass is 10.3. The van der Waals surface area contributed by atoms with Gasteiger partial charge in [-0.1, -0.05) is 6.92 Å². The van der Waals surface area contributed by atoms with Crippen LogP contribution in [0.2, 0.25) is 0 Å². The van der Waals surface area contributed by atoms with Crippen LogP contribution < -0.4 is 0 Å². The standard InChI is InChI=1S/C5H12O3S/c1-3-5(4-6)9(2,7)8/h5-6H,3-4H2,1-2H3. The molecule has 0 aromatic rings. The van der Waals surface area contributed by atoms with Crippen molar-refractivity contribution >= 4 is 9.84 Å². The van der Waals surface area contributed by atoms with E-state index in [9.17, 15) is 8.42 Å². The Morgan fingerprint density at radius 1 is 1.56 bits per heavy atom. The normalized spacial score (nSPS) is 15.4. The number of aliphatic hydroxyl groups is 1. The average molecular weight is 152 g/mol. The van der Waals surface area contributed by atoms with Crippen molar-refractivity contribution < 1.29 is 13.5 Å². The number of hydrogen-bond acceptors (Lipinski definition) is 3. The van der Waals surface area contributed by atoms with Gasteiger partial charge >= 0.3 is 0 Å². The van der Waals surface area contributed by atoms with Gasteiger partial charge < -0.3 is 5.11 Å². The number of aliphatic hydroxyl groups excluding tert-OH is 1. The fourth-order valence-electron chi connectivity index (χ4n) is 0.567. The number of rotatable bonds is 3. The van der Waals surface area contributed by atoms with Crippen LogP contribution >= 0.6 is 0 Å². The maximum atomic E-state index is 10.6. The van der Waals surface area contributed by atoms with Gasteiger partial charge in [-0.15, -0.1) is 0 Å². The Morgan fingerprint density at radius 3 is 2.00 bits per heavy atom. The number of sulfone groups is 1. The molecule has 0 saturated carbocycles. The minimum atomic E-state index is -3.02. The molecule has 9 heavy (non-hydrogen) atoms. The minimum Gasteiger partial charge on any atom is -0.395 e. The first-order valence-electron chi connectivity index (χ1n) is 2.82. The van der Waals surface area contributed by atoms with Gasteiger partial charge in [0.1, 0.15) is 0 Å². The summed E-state index contributed by atoms with van der Waals surface area (Å²) in [4.78, 5) is 0. The third kappa shape index (κ3) is 2.81. The topological polar surface area (TPSA) is 54.4 Å². The summed E-state index contributed by atoms with van der Waals surface area (Å²) in [6.07, 6.45) is 1.62. The van der Waals surface area contributed by atoms with Crippen LogP contribution in [-0.4, -0.2) is 31.6 Å². The Morgan fingerprint density at radius 2 is 2.00 bits per heavy atom. The van der Waals surface area contributed by atoms with Gasteiger partial charge in [0.15, 0.2) is 9.84 Å². The van der Waals surface area contributed by atoms with Crippen LogP contribution in [0.3, 0.4) is 0 Å². The summed E-state index contributed by atoms with van der Waals surface area (Å²) in [7, 11) is -3.02. The van der Waals surface area contributed by atoms with E-state index < -0.39 is 15.1 Å². The molecule has 0 aliphatic heterocycles. The van der Waals surface area contributed by atoms with Gasteiger partial charge in [-0.05, 0) is 6.42 Å². The van der Waals surface area contributed by atoms with E-state index in [1.54, 1.807) is 6.92 Å². The molecule has 1 unspecified atom stereocenters. The predicted octanol–water partition coefficient (Wildman–Crippen LogP) is -0.198. The van der Waals surface area contributed by atoms with E-state index in [4.69, 9.17) is 5.11 Å².